The van der Waals surface area contributed by atoms with Crippen molar-refractivity contribution >= 4 is 5.91 Å². The summed E-state index contributed by atoms with van der Waals surface area (Å²) in [6.45, 7) is 4.38. The summed E-state index contributed by atoms with van der Waals surface area (Å²) in [5.74, 6) is 0.472. The molecule has 0 bridgehead atoms. The maximum absolute atomic E-state index is 12.8. The van der Waals surface area contributed by atoms with E-state index in [9.17, 15) is 4.79 Å². The maximum Gasteiger partial charge on any atom is 0.251 e. The van der Waals surface area contributed by atoms with Crippen molar-refractivity contribution in [3.63, 3.8) is 0 Å². The van der Waals surface area contributed by atoms with E-state index in [0.717, 1.165) is 31.6 Å². The van der Waals surface area contributed by atoms with E-state index in [4.69, 9.17) is 0 Å². The van der Waals surface area contributed by atoms with Gasteiger partial charge in [-0.05, 0) is 42.5 Å². The highest BCUT2D eigenvalue weighted by Gasteiger charge is 2.21. The molecule has 2 aromatic carbocycles. The molecule has 1 unspecified atom stereocenters. The first-order valence-corrected chi connectivity index (χ1v) is 10.2. The van der Waals surface area contributed by atoms with Gasteiger partial charge in [-0.1, -0.05) is 48.5 Å². The molecule has 0 spiro atoms. The Hall–Kier alpha value is -2.99. The van der Waals surface area contributed by atoms with Gasteiger partial charge in [0.15, 0.2) is 0 Å². The molecule has 6 heteroatoms. The van der Waals surface area contributed by atoms with Crippen LogP contribution in [0.1, 0.15) is 34.3 Å². The number of amides is 1. The van der Waals surface area contributed by atoms with Crippen LogP contribution in [0, 0.1) is 5.92 Å². The number of hydrogen-bond acceptors (Lipinski definition) is 4. The van der Waals surface area contributed by atoms with Crippen molar-refractivity contribution in [2.45, 2.75) is 25.9 Å². The molecule has 1 saturated heterocycles. The summed E-state index contributed by atoms with van der Waals surface area (Å²) in [5.41, 5.74) is 3.00. The summed E-state index contributed by atoms with van der Waals surface area (Å²) in [4.78, 5) is 19.3. The van der Waals surface area contributed by atoms with Crippen LogP contribution in [-0.4, -0.2) is 45.2 Å². The molecular weight excluding hydrogens is 362 g/mol. The number of carbonyl (C=O) groups is 1. The molecule has 0 radical (unpaired) electrons. The van der Waals surface area contributed by atoms with Crippen molar-refractivity contribution < 1.29 is 4.79 Å². The minimum absolute atomic E-state index is 0.0131. The van der Waals surface area contributed by atoms with Crippen LogP contribution in [0.2, 0.25) is 0 Å². The van der Waals surface area contributed by atoms with Crippen molar-refractivity contribution in [2.75, 3.05) is 19.6 Å². The van der Waals surface area contributed by atoms with E-state index in [2.05, 4.69) is 50.6 Å². The molecule has 1 atom stereocenters. The van der Waals surface area contributed by atoms with E-state index in [0.29, 0.717) is 24.6 Å². The van der Waals surface area contributed by atoms with Gasteiger partial charge in [-0.2, -0.15) is 5.10 Å². The van der Waals surface area contributed by atoms with Crippen LogP contribution in [0.5, 0.6) is 0 Å². The topological polar surface area (TPSA) is 63.1 Å². The predicted octanol–water partition coefficient (Wildman–Crippen LogP) is 2.97. The maximum atomic E-state index is 12.8. The van der Waals surface area contributed by atoms with Crippen molar-refractivity contribution in [3.8, 4) is 0 Å². The molecule has 1 amide bonds. The number of nitrogens with zero attached hydrogens (tertiary/aromatic N) is 4. The Labute approximate surface area is 171 Å². The minimum Gasteiger partial charge on any atom is -0.352 e. The Morgan fingerprint density at radius 3 is 2.72 bits per heavy atom. The number of piperidine rings is 1. The molecule has 1 N–H and O–H groups in total. The van der Waals surface area contributed by atoms with Gasteiger partial charge in [-0.3, -0.25) is 9.69 Å². The fourth-order valence-electron chi connectivity index (χ4n) is 4.00. The zero-order valence-electron chi connectivity index (χ0n) is 16.6. The number of carbonyl (C=O) groups excluding carboxylic acids is 1. The summed E-state index contributed by atoms with van der Waals surface area (Å²) in [6.07, 6.45) is 5.51. The first-order valence-electron chi connectivity index (χ1n) is 10.2. The number of benzene rings is 2. The lowest BCUT2D eigenvalue weighted by atomic mass is 9.97. The molecule has 1 fully saturated rings. The van der Waals surface area contributed by atoms with Crippen LogP contribution in [0.15, 0.2) is 67.3 Å². The monoisotopic (exact) mass is 389 g/mol. The zero-order valence-corrected chi connectivity index (χ0v) is 16.6. The molecule has 1 aliphatic rings. The SMILES string of the molecule is O=C(NCC1CCCN(Cc2ccccc2)C1)c1ccccc1Cn1cncn1. The summed E-state index contributed by atoms with van der Waals surface area (Å²) >= 11 is 0. The second-order valence-corrected chi connectivity index (χ2v) is 7.69. The van der Waals surface area contributed by atoms with Crippen molar-refractivity contribution in [3.05, 3.63) is 83.9 Å². The number of likely N-dealkylation sites (tertiary alicyclic amines) is 1. The normalized spacial score (nSPS) is 17.2. The molecular formula is C23H27N5O. The van der Waals surface area contributed by atoms with E-state index in [1.54, 1.807) is 11.0 Å². The number of nitrogens with one attached hydrogen (secondary N) is 1. The average Bonchev–Trinajstić information content (AvgIpc) is 3.27. The Bertz CT molecular complexity index is 910. The smallest absolute Gasteiger partial charge is 0.251 e. The lowest BCUT2D eigenvalue weighted by Crippen LogP contribution is -2.40. The summed E-state index contributed by atoms with van der Waals surface area (Å²) < 4.78 is 1.73. The highest BCUT2D eigenvalue weighted by atomic mass is 16.1. The highest BCUT2D eigenvalue weighted by Crippen LogP contribution is 2.18. The fourth-order valence-corrected chi connectivity index (χ4v) is 4.00. The van der Waals surface area contributed by atoms with Gasteiger partial charge < -0.3 is 5.32 Å². The first kappa shape index (κ1) is 19.3. The predicted molar refractivity (Wildman–Crippen MR) is 112 cm³/mol. The molecule has 6 nitrogen and oxygen atoms in total. The average molecular weight is 390 g/mol. The Morgan fingerprint density at radius 2 is 1.90 bits per heavy atom. The van der Waals surface area contributed by atoms with Crippen LogP contribution in [0.25, 0.3) is 0 Å². The fraction of sp³-hybridized carbons (Fsp3) is 0.348. The minimum atomic E-state index is -0.0131. The van der Waals surface area contributed by atoms with Gasteiger partial charge in [0.1, 0.15) is 12.7 Å². The van der Waals surface area contributed by atoms with Gasteiger partial charge in [0, 0.05) is 25.2 Å². The Kier molecular flexibility index (Phi) is 6.32. The number of aromatic nitrogens is 3. The van der Waals surface area contributed by atoms with Gasteiger partial charge in [0.2, 0.25) is 0 Å². The van der Waals surface area contributed by atoms with Gasteiger partial charge in [-0.25, -0.2) is 9.67 Å². The molecule has 150 valence electrons. The Morgan fingerprint density at radius 1 is 1.07 bits per heavy atom. The molecule has 0 saturated carbocycles. The zero-order chi connectivity index (χ0) is 19.9. The number of hydrogen-bond donors (Lipinski definition) is 1. The molecule has 0 aliphatic carbocycles. The van der Waals surface area contributed by atoms with Crippen LogP contribution < -0.4 is 5.32 Å². The Balaban J connectivity index is 1.32. The van der Waals surface area contributed by atoms with Crippen LogP contribution in [0.4, 0.5) is 0 Å². The van der Waals surface area contributed by atoms with Crippen LogP contribution >= 0.6 is 0 Å². The van der Waals surface area contributed by atoms with E-state index in [1.807, 2.05) is 24.3 Å². The van der Waals surface area contributed by atoms with E-state index in [-0.39, 0.29) is 5.91 Å². The second-order valence-electron chi connectivity index (χ2n) is 7.69. The van der Waals surface area contributed by atoms with E-state index >= 15 is 0 Å². The van der Waals surface area contributed by atoms with E-state index in [1.165, 1.54) is 18.3 Å². The lowest BCUT2D eigenvalue weighted by Gasteiger charge is -2.33. The largest absolute Gasteiger partial charge is 0.352 e. The molecule has 3 aromatic rings. The van der Waals surface area contributed by atoms with Crippen LogP contribution in [-0.2, 0) is 13.1 Å². The highest BCUT2D eigenvalue weighted by molar-refractivity contribution is 5.95. The molecule has 1 aliphatic heterocycles. The standard InChI is InChI=1S/C23H27N5O/c29-23(22-11-5-4-10-21(22)16-28-18-24-17-26-28)25-13-20-9-6-12-27(15-20)14-19-7-2-1-3-8-19/h1-5,7-8,10-11,17-18,20H,6,9,12-16H2,(H,25,29). The molecule has 4 rings (SSSR count). The van der Waals surface area contributed by atoms with Gasteiger partial charge in [-0.15, -0.1) is 0 Å². The molecule has 1 aromatic heterocycles. The summed E-state index contributed by atoms with van der Waals surface area (Å²) in [5, 5.41) is 7.30. The first-order chi connectivity index (χ1) is 14.3. The molecule has 2 heterocycles. The third kappa shape index (κ3) is 5.29. The van der Waals surface area contributed by atoms with E-state index < -0.39 is 0 Å². The van der Waals surface area contributed by atoms with Crippen molar-refractivity contribution in [1.82, 2.24) is 25.0 Å². The third-order valence-electron chi connectivity index (χ3n) is 5.46. The van der Waals surface area contributed by atoms with Gasteiger partial charge >= 0.3 is 0 Å². The second kappa shape index (κ2) is 9.47. The van der Waals surface area contributed by atoms with Crippen LogP contribution in [0.3, 0.4) is 0 Å². The van der Waals surface area contributed by atoms with Crippen molar-refractivity contribution in [1.29, 1.82) is 0 Å². The quantitative estimate of drug-likeness (QED) is 0.675. The summed E-state index contributed by atoms with van der Waals surface area (Å²) in [6, 6.07) is 18.3. The third-order valence-corrected chi connectivity index (χ3v) is 5.46. The molecule has 29 heavy (non-hydrogen) atoms. The van der Waals surface area contributed by atoms with Crippen molar-refractivity contribution in [2.24, 2.45) is 5.92 Å². The number of rotatable bonds is 7. The van der Waals surface area contributed by atoms with Gasteiger partial charge in [0.05, 0.1) is 6.54 Å². The lowest BCUT2D eigenvalue weighted by molar-refractivity contribution is 0.0929. The van der Waals surface area contributed by atoms with Gasteiger partial charge in [0.25, 0.3) is 5.91 Å². The summed E-state index contributed by atoms with van der Waals surface area (Å²) in [7, 11) is 0.